The van der Waals surface area contributed by atoms with Crippen LogP contribution in [0.1, 0.15) is 10.4 Å². The van der Waals surface area contributed by atoms with Gasteiger partial charge in [0.2, 0.25) is 10.0 Å². The van der Waals surface area contributed by atoms with Crippen molar-refractivity contribution in [1.82, 2.24) is 9.78 Å². The molecule has 3 rings (SSSR count). The summed E-state index contributed by atoms with van der Waals surface area (Å²) >= 11 is 0.867. The van der Waals surface area contributed by atoms with Crippen LogP contribution < -0.4 is 10.5 Å². The van der Waals surface area contributed by atoms with Crippen molar-refractivity contribution in [3.63, 3.8) is 0 Å². The fourth-order valence-electron chi connectivity index (χ4n) is 2.29. The van der Waals surface area contributed by atoms with Crippen LogP contribution >= 0.6 is 11.3 Å². The summed E-state index contributed by atoms with van der Waals surface area (Å²) in [7, 11) is -2.31. The van der Waals surface area contributed by atoms with E-state index in [0.717, 1.165) is 16.9 Å². The molecular weight excluding hydrogens is 367 g/mol. The fraction of sp³-hybridized carbons (Fsp3) is 0.0667. The minimum absolute atomic E-state index is 0.0403. The topological polar surface area (TPSA) is 107 Å². The van der Waals surface area contributed by atoms with E-state index in [9.17, 15) is 17.6 Å². The maximum atomic E-state index is 13.0. The summed E-state index contributed by atoms with van der Waals surface area (Å²) in [5.74, 6) is -0.750. The molecule has 0 aliphatic carbocycles. The third kappa shape index (κ3) is 3.60. The van der Waals surface area contributed by atoms with Crippen LogP contribution in [0.3, 0.4) is 0 Å². The smallest absolute Gasteiger partial charge is 0.259 e. The van der Waals surface area contributed by atoms with Crippen molar-refractivity contribution < 1.29 is 17.6 Å². The Bertz CT molecular complexity index is 1040. The van der Waals surface area contributed by atoms with Gasteiger partial charge in [-0.15, -0.1) is 11.3 Å². The number of aryl methyl sites for hydroxylation is 1. The lowest BCUT2D eigenvalue weighted by atomic mass is 10.1. The minimum Gasteiger partial charge on any atom is -0.305 e. The molecule has 0 atom stereocenters. The second-order valence-electron chi connectivity index (χ2n) is 5.17. The van der Waals surface area contributed by atoms with E-state index < -0.39 is 15.9 Å². The molecule has 10 heteroatoms. The van der Waals surface area contributed by atoms with Crippen molar-refractivity contribution in [3.05, 3.63) is 53.2 Å². The summed E-state index contributed by atoms with van der Waals surface area (Å²) in [4.78, 5) is 12.3. The van der Waals surface area contributed by atoms with Crippen LogP contribution in [-0.2, 0) is 17.1 Å². The Morgan fingerprint density at radius 1 is 1.28 bits per heavy atom. The molecule has 0 fully saturated rings. The zero-order chi connectivity index (χ0) is 18.2. The first kappa shape index (κ1) is 17.3. The maximum Gasteiger partial charge on any atom is 0.259 e. The average Bonchev–Trinajstić information content (AvgIpc) is 3.15. The van der Waals surface area contributed by atoms with Crippen molar-refractivity contribution in [2.75, 3.05) is 5.32 Å². The fourth-order valence-corrected chi connectivity index (χ4v) is 4.07. The zero-order valence-electron chi connectivity index (χ0n) is 12.9. The number of nitrogens with two attached hydrogens (primary N) is 1. The molecule has 0 aliphatic rings. The first-order chi connectivity index (χ1) is 11.8. The van der Waals surface area contributed by atoms with Gasteiger partial charge in [0, 0.05) is 18.7 Å². The molecule has 2 heterocycles. The van der Waals surface area contributed by atoms with E-state index >= 15 is 0 Å². The SMILES string of the molecule is Cn1nc(NC(=O)c2ccsc2S(N)(=O)=O)cc1-c1ccc(F)cc1. The van der Waals surface area contributed by atoms with Gasteiger partial charge in [0.1, 0.15) is 10.0 Å². The molecule has 3 N–H and O–H groups in total. The van der Waals surface area contributed by atoms with Crippen molar-refractivity contribution in [3.8, 4) is 11.3 Å². The number of aromatic nitrogens is 2. The van der Waals surface area contributed by atoms with Crippen LogP contribution in [-0.4, -0.2) is 24.1 Å². The number of nitrogens with one attached hydrogen (secondary N) is 1. The van der Waals surface area contributed by atoms with Gasteiger partial charge >= 0.3 is 0 Å². The molecule has 3 aromatic rings. The van der Waals surface area contributed by atoms with Gasteiger partial charge in [-0.2, -0.15) is 5.10 Å². The van der Waals surface area contributed by atoms with Crippen LogP contribution in [0.4, 0.5) is 10.2 Å². The Hall–Kier alpha value is -2.56. The Kier molecular flexibility index (Phi) is 4.41. The summed E-state index contributed by atoms with van der Waals surface area (Å²) in [6, 6.07) is 8.82. The van der Waals surface area contributed by atoms with E-state index in [-0.39, 0.29) is 21.4 Å². The lowest BCUT2D eigenvalue weighted by Crippen LogP contribution is -2.18. The van der Waals surface area contributed by atoms with Gasteiger partial charge in [-0.1, -0.05) is 0 Å². The standard InChI is InChI=1S/C15H13FN4O3S2/c1-20-12(9-2-4-10(16)5-3-9)8-13(19-20)18-14(21)11-6-7-24-15(11)25(17,22)23/h2-8H,1H3,(H2,17,22,23)(H,18,19,21). The number of carbonyl (C=O) groups excluding carboxylic acids is 1. The number of rotatable bonds is 4. The number of nitrogens with zero attached hydrogens (tertiary/aromatic N) is 2. The van der Waals surface area contributed by atoms with E-state index in [1.54, 1.807) is 25.2 Å². The molecule has 7 nitrogen and oxygen atoms in total. The van der Waals surface area contributed by atoms with Crippen molar-refractivity contribution in [2.24, 2.45) is 12.2 Å². The van der Waals surface area contributed by atoms with Gasteiger partial charge in [0.25, 0.3) is 5.91 Å². The van der Waals surface area contributed by atoms with Crippen LogP contribution in [0, 0.1) is 5.82 Å². The van der Waals surface area contributed by atoms with Gasteiger partial charge in [0.05, 0.1) is 11.3 Å². The monoisotopic (exact) mass is 380 g/mol. The zero-order valence-corrected chi connectivity index (χ0v) is 14.6. The third-order valence-electron chi connectivity index (χ3n) is 3.39. The first-order valence-corrected chi connectivity index (χ1v) is 9.40. The second kappa shape index (κ2) is 6.39. The molecular formula is C15H13FN4O3S2. The molecule has 0 saturated heterocycles. The highest BCUT2D eigenvalue weighted by atomic mass is 32.2. The van der Waals surface area contributed by atoms with Crippen molar-refractivity contribution in [2.45, 2.75) is 4.21 Å². The normalized spacial score (nSPS) is 11.5. The number of primary sulfonamides is 1. The minimum atomic E-state index is -3.98. The number of carbonyl (C=O) groups is 1. The highest BCUT2D eigenvalue weighted by Crippen LogP contribution is 2.25. The molecule has 0 saturated carbocycles. The summed E-state index contributed by atoms with van der Waals surface area (Å²) in [6.07, 6.45) is 0. The third-order valence-corrected chi connectivity index (χ3v) is 5.82. The number of amides is 1. The quantitative estimate of drug-likeness (QED) is 0.723. The van der Waals surface area contributed by atoms with E-state index in [1.807, 2.05) is 0 Å². The summed E-state index contributed by atoms with van der Waals surface area (Å²) in [6.45, 7) is 0. The van der Waals surface area contributed by atoms with Gasteiger partial charge in [-0.3, -0.25) is 9.48 Å². The molecule has 1 aromatic carbocycles. The predicted molar refractivity (Wildman–Crippen MR) is 92.2 cm³/mol. The Balaban J connectivity index is 1.87. The number of sulfonamides is 1. The van der Waals surface area contributed by atoms with Crippen LogP contribution in [0.25, 0.3) is 11.3 Å². The van der Waals surface area contributed by atoms with E-state index in [2.05, 4.69) is 10.4 Å². The molecule has 0 bridgehead atoms. The second-order valence-corrected chi connectivity index (χ2v) is 7.84. The number of benzene rings is 1. The van der Waals surface area contributed by atoms with Crippen LogP contribution in [0.2, 0.25) is 0 Å². The maximum absolute atomic E-state index is 13.0. The molecule has 130 valence electrons. The molecule has 0 unspecified atom stereocenters. The van der Waals surface area contributed by atoms with Gasteiger partial charge in [-0.25, -0.2) is 17.9 Å². The number of hydrogen-bond acceptors (Lipinski definition) is 5. The Morgan fingerprint density at radius 2 is 1.96 bits per heavy atom. The summed E-state index contributed by atoms with van der Waals surface area (Å²) in [5, 5.41) is 13.3. The van der Waals surface area contributed by atoms with Crippen LogP contribution in [0.15, 0.2) is 46.0 Å². The summed E-state index contributed by atoms with van der Waals surface area (Å²) < 4.78 is 37.4. The van der Waals surface area contributed by atoms with Crippen molar-refractivity contribution in [1.29, 1.82) is 0 Å². The lowest BCUT2D eigenvalue weighted by molar-refractivity contribution is 0.102. The largest absolute Gasteiger partial charge is 0.305 e. The van der Waals surface area contributed by atoms with E-state index in [1.165, 1.54) is 28.3 Å². The molecule has 25 heavy (non-hydrogen) atoms. The number of halogens is 1. The van der Waals surface area contributed by atoms with Crippen LogP contribution in [0.5, 0.6) is 0 Å². The highest BCUT2D eigenvalue weighted by molar-refractivity contribution is 7.91. The molecule has 0 spiro atoms. The van der Waals surface area contributed by atoms with E-state index in [0.29, 0.717) is 5.69 Å². The Morgan fingerprint density at radius 3 is 2.60 bits per heavy atom. The molecule has 0 radical (unpaired) electrons. The van der Waals surface area contributed by atoms with Gasteiger partial charge in [-0.05, 0) is 35.7 Å². The lowest BCUT2D eigenvalue weighted by Gasteiger charge is -2.02. The number of hydrogen-bond donors (Lipinski definition) is 2. The number of thiophene rings is 1. The van der Waals surface area contributed by atoms with Gasteiger partial charge < -0.3 is 5.32 Å². The first-order valence-electron chi connectivity index (χ1n) is 6.97. The van der Waals surface area contributed by atoms with E-state index in [4.69, 9.17) is 5.14 Å². The predicted octanol–water partition coefficient (Wildman–Crippen LogP) is 2.19. The molecule has 1 amide bonds. The highest BCUT2D eigenvalue weighted by Gasteiger charge is 2.22. The Labute approximate surface area is 147 Å². The van der Waals surface area contributed by atoms with Crippen molar-refractivity contribution >= 4 is 33.1 Å². The molecule has 0 aliphatic heterocycles. The average molecular weight is 380 g/mol. The van der Waals surface area contributed by atoms with Gasteiger partial charge in [0.15, 0.2) is 5.82 Å². The summed E-state index contributed by atoms with van der Waals surface area (Å²) in [5.41, 5.74) is 1.34. The molecule has 2 aromatic heterocycles. The number of anilines is 1.